The van der Waals surface area contributed by atoms with Gasteiger partial charge in [-0.1, -0.05) is 50.6 Å². The fraction of sp³-hybridized carbons (Fsp3) is 0.238. The van der Waals surface area contributed by atoms with Crippen LogP contribution in [0.15, 0.2) is 40.8 Å². The summed E-state index contributed by atoms with van der Waals surface area (Å²) in [5.41, 5.74) is 3.05. The average Bonchev–Trinajstić information content (AvgIpc) is 3.18. The summed E-state index contributed by atoms with van der Waals surface area (Å²) < 4.78 is 20.1. The first-order chi connectivity index (χ1) is 12.7. The smallest absolute Gasteiger partial charge is 0.200 e. The van der Waals surface area contributed by atoms with Crippen molar-refractivity contribution in [3.63, 3.8) is 0 Å². The summed E-state index contributed by atoms with van der Waals surface area (Å²) in [6, 6.07) is 10.2. The van der Waals surface area contributed by atoms with Gasteiger partial charge >= 0.3 is 0 Å². The zero-order valence-electron chi connectivity index (χ0n) is 15.5. The second-order valence-electron chi connectivity index (χ2n) is 7.60. The topological polar surface area (TPSA) is 54.7 Å². The number of oxazole rings is 1. The van der Waals surface area contributed by atoms with Crippen LogP contribution in [0.1, 0.15) is 32.4 Å². The van der Waals surface area contributed by atoms with E-state index in [0.29, 0.717) is 44.7 Å². The van der Waals surface area contributed by atoms with Crippen LogP contribution in [0, 0.1) is 12.7 Å². The van der Waals surface area contributed by atoms with Crippen molar-refractivity contribution < 1.29 is 8.81 Å². The lowest BCUT2D eigenvalue weighted by atomic mass is 9.97. The van der Waals surface area contributed by atoms with E-state index in [4.69, 9.17) is 16.0 Å². The van der Waals surface area contributed by atoms with Crippen molar-refractivity contribution in [2.45, 2.75) is 33.1 Å². The number of hydrogen-bond donors (Lipinski definition) is 1. The molecule has 138 valence electrons. The molecule has 0 fully saturated rings. The molecule has 0 bridgehead atoms. The second kappa shape index (κ2) is 6.20. The van der Waals surface area contributed by atoms with E-state index in [1.807, 2.05) is 33.8 Å². The van der Waals surface area contributed by atoms with Crippen molar-refractivity contribution in [1.82, 2.24) is 15.0 Å². The van der Waals surface area contributed by atoms with Crippen molar-refractivity contribution in [1.29, 1.82) is 0 Å². The van der Waals surface area contributed by atoms with Gasteiger partial charge in [-0.2, -0.15) is 0 Å². The van der Waals surface area contributed by atoms with Gasteiger partial charge in [0, 0.05) is 11.0 Å². The van der Waals surface area contributed by atoms with Crippen molar-refractivity contribution >= 4 is 22.6 Å². The fourth-order valence-corrected chi connectivity index (χ4v) is 3.23. The van der Waals surface area contributed by atoms with E-state index < -0.39 is 0 Å². The molecule has 2 heterocycles. The van der Waals surface area contributed by atoms with Crippen LogP contribution in [0.4, 0.5) is 4.39 Å². The van der Waals surface area contributed by atoms with Gasteiger partial charge in [-0.3, -0.25) is 0 Å². The number of H-pyrrole nitrogens is 1. The zero-order chi connectivity index (χ0) is 19.3. The van der Waals surface area contributed by atoms with Crippen LogP contribution in [0.5, 0.6) is 0 Å². The minimum Gasteiger partial charge on any atom is -0.437 e. The van der Waals surface area contributed by atoms with E-state index in [2.05, 4.69) is 15.0 Å². The van der Waals surface area contributed by atoms with Crippen LogP contribution in [0.2, 0.25) is 5.02 Å². The number of nitrogens with zero attached hydrogens (tertiary/aromatic N) is 2. The molecule has 2 aromatic carbocycles. The highest BCUT2D eigenvalue weighted by atomic mass is 35.5. The van der Waals surface area contributed by atoms with Crippen LogP contribution < -0.4 is 0 Å². The van der Waals surface area contributed by atoms with Crippen molar-refractivity contribution in [2.75, 3.05) is 0 Å². The van der Waals surface area contributed by atoms with Gasteiger partial charge in [0.25, 0.3) is 0 Å². The Morgan fingerprint density at radius 1 is 1.11 bits per heavy atom. The molecular weight excluding hydrogens is 365 g/mol. The maximum absolute atomic E-state index is 14.2. The molecule has 0 aliphatic carbocycles. The van der Waals surface area contributed by atoms with Crippen molar-refractivity contribution in [3.05, 3.63) is 58.8 Å². The lowest BCUT2D eigenvalue weighted by Crippen LogP contribution is -2.11. The average molecular weight is 384 g/mol. The quantitative estimate of drug-likeness (QED) is 0.443. The summed E-state index contributed by atoms with van der Waals surface area (Å²) in [6.45, 7) is 8.00. The Balaban J connectivity index is 1.85. The van der Waals surface area contributed by atoms with Gasteiger partial charge in [0.05, 0.1) is 16.2 Å². The Bertz CT molecular complexity index is 1150. The van der Waals surface area contributed by atoms with Gasteiger partial charge in [0.15, 0.2) is 11.6 Å². The molecule has 0 saturated carbocycles. The molecular formula is C21H19ClFN3O. The molecule has 0 amide bonds. The van der Waals surface area contributed by atoms with Crippen LogP contribution in [0.3, 0.4) is 0 Å². The molecule has 0 atom stereocenters. The maximum atomic E-state index is 14.2. The van der Waals surface area contributed by atoms with Crippen LogP contribution in [0.25, 0.3) is 33.7 Å². The molecule has 0 spiro atoms. The first-order valence-electron chi connectivity index (χ1n) is 8.66. The number of aryl methyl sites for hydroxylation is 1. The van der Waals surface area contributed by atoms with Gasteiger partial charge in [0.1, 0.15) is 11.3 Å². The van der Waals surface area contributed by atoms with Gasteiger partial charge in [-0.05, 0) is 30.7 Å². The number of fused-ring (bicyclic) bond motifs is 1. The Morgan fingerprint density at radius 2 is 1.85 bits per heavy atom. The molecule has 0 aliphatic heterocycles. The lowest BCUT2D eigenvalue weighted by Gasteiger charge is -2.11. The normalized spacial score (nSPS) is 12.1. The van der Waals surface area contributed by atoms with Gasteiger partial charge in [-0.25, -0.2) is 14.4 Å². The van der Waals surface area contributed by atoms with E-state index in [1.54, 1.807) is 24.3 Å². The van der Waals surface area contributed by atoms with E-state index in [1.165, 1.54) is 6.07 Å². The predicted molar refractivity (Wildman–Crippen MR) is 105 cm³/mol. The Hall–Kier alpha value is -2.66. The Labute approximate surface area is 161 Å². The van der Waals surface area contributed by atoms with Gasteiger partial charge in [-0.15, -0.1) is 0 Å². The molecule has 2 aromatic heterocycles. The summed E-state index contributed by atoms with van der Waals surface area (Å²) >= 11 is 6.43. The summed E-state index contributed by atoms with van der Waals surface area (Å²) in [6.07, 6.45) is 0. The highest BCUT2D eigenvalue weighted by molar-refractivity contribution is 6.35. The molecule has 4 aromatic rings. The highest BCUT2D eigenvalue weighted by Crippen LogP contribution is 2.34. The van der Waals surface area contributed by atoms with E-state index in [9.17, 15) is 4.39 Å². The summed E-state index contributed by atoms with van der Waals surface area (Å²) in [4.78, 5) is 12.3. The predicted octanol–water partition coefficient (Wildman–Crippen LogP) is 6.28. The first-order valence-corrected chi connectivity index (χ1v) is 9.04. The zero-order valence-corrected chi connectivity index (χ0v) is 16.3. The Kier molecular flexibility index (Phi) is 4.07. The number of rotatable bonds is 2. The van der Waals surface area contributed by atoms with Crippen molar-refractivity contribution in [2.24, 2.45) is 0 Å². The van der Waals surface area contributed by atoms with Gasteiger partial charge in [0.2, 0.25) is 5.89 Å². The molecule has 0 aliphatic rings. The van der Waals surface area contributed by atoms with Crippen LogP contribution in [-0.4, -0.2) is 15.0 Å². The minimum absolute atomic E-state index is 0.204. The molecule has 0 saturated heterocycles. The number of imidazole rings is 1. The summed E-state index contributed by atoms with van der Waals surface area (Å²) in [5.74, 6) is 1.49. The van der Waals surface area contributed by atoms with Gasteiger partial charge < -0.3 is 9.40 Å². The molecule has 27 heavy (non-hydrogen) atoms. The minimum atomic E-state index is -0.298. The molecule has 6 heteroatoms. The monoisotopic (exact) mass is 383 g/mol. The van der Waals surface area contributed by atoms with E-state index >= 15 is 0 Å². The van der Waals surface area contributed by atoms with Crippen LogP contribution >= 0.6 is 11.6 Å². The SMILES string of the molecule is Cc1nc(C(C)(C)C)oc1-c1nc2c(Cl)cc(-c3ccccc3F)cc2[nH]1. The number of aromatic amines is 1. The standard InChI is InChI=1S/C21H19ClFN3O/c1-11-18(27-20(24-11)21(2,3)4)19-25-16-10-12(9-14(22)17(16)26-19)13-7-5-6-8-15(13)23/h5-10H,1-4H3,(H,25,26). The van der Waals surface area contributed by atoms with Crippen molar-refractivity contribution in [3.8, 4) is 22.7 Å². The first kappa shape index (κ1) is 17.7. The largest absolute Gasteiger partial charge is 0.437 e. The third kappa shape index (κ3) is 3.12. The van der Waals surface area contributed by atoms with E-state index in [-0.39, 0.29) is 11.2 Å². The highest BCUT2D eigenvalue weighted by Gasteiger charge is 2.24. The lowest BCUT2D eigenvalue weighted by molar-refractivity contribution is 0.398. The maximum Gasteiger partial charge on any atom is 0.200 e. The van der Waals surface area contributed by atoms with E-state index in [0.717, 1.165) is 5.69 Å². The molecule has 4 rings (SSSR count). The van der Waals surface area contributed by atoms with Crippen LogP contribution in [-0.2, 0) is 5.41 Å². The number of aromatic nitrogens is 3. The fourth-order valence-electron chi connectivity index (χ4n) is 2.97. The Morgan fingerprint density at radius 3 is 2.52 bits per heavy atom. The number of benzene rings is 2. The number of nitrogens with one attached hydrogen (secondary N) is 1. The molecule has 0 radical (unpaired) electrons. The molecule has 0 unspecified atom stereocenters. The molecule has 4 nitrogen and oxygen atoms in total. The summed E-state index contributed by atoms with van der Waals surface area (Å²) in [7, 11) is 0. The summed E-state index contributed by atoms with van der Waals surface area (Å²) in [5, 5.41) is 0.446. The molecule has 1 N–H and O–H groups in total. The third-order valence-electron chi connectivity index (χ3n) is 4.38. The number of hydrogen-bond acceptors (Lipinski definition) is 3. The third-order valence-corrected chi connectivity index (χ3v) is 4.67. The second-order valence-corrected chi connectivity index (χ2v) is 8.01. The number of halogens is 2.